The normalized spacial score (nSPS) is 3.00. The Hall–Kier alpha value is 2.21. The van der Waals surface area contributed by atoms with Gasteiger partial charge in [0.05, 0.1) is 0 Å². The van der Waals surface area contributed by atoms with Crippen molar-refractivity contribution in [1.82, 2.24) is 0 Å². The van der Waals surface area contributed by atoms with Gasteiger partial charge >= 0.3 is 63.8 Å². The monoisotopic (exact) mass is 436 g/mol. The fourth-order valence-corrected chi connectivity index (χ4v) is 0. The predicted molar refractivity (Wildman–Crippen MR) is 17.8 cm³/mol. The van der Waals surface area contributed by atoms with E-state index in [0.717, 1.165) is 17.3 Å². The van der Waals surface area contributed by atoms with E-state index in [1.807, 2.05) is 0 Å². The van der Waals surface area contributed by atoms with Crippen molar-refractivity contribution in [3.8, 4) is 0 Å². The van der Waals surface area contributed by atoms with Crippen LogP contribution in [0.1, 0.15) is 0 Å². The van der Waals surface area contributed by atoms with Gasteiger partial charge < -0.3 is 0 Å². The molecule has 0 atom stereocenters. The van der Waals surface area contributed by atoms with Crippen molar-refractivity contribution in [1.29, 1.82) is 0 Å². The fourth-order valence-electron chi connectivity index (χ4n) is 0. The summed E-state index contributed by atoms with van der Waals surface area (Å²) in [5, 5.41) is 0. The van der Waals surface area contributed by atoms with Crippen LogP contribution in [0.15, 0.2) is 0 Å². The van der Waals surface area contributed by atoms with Gasteiger partial charge in [-0.2, -0.15) is 0 Å². The Morgan fingerprint density at radius 3 is 1.75 bits per heavy atom. The van der Waals surface area contributed by atoms with Gasteiger partial charge in [0.25, 0.3) is 0 Å². The molecule has 0 aliphatic carbocycles. The van der Waals surface area contributed by atoms with Crippen molar-refractivity contribution in [3.05, 3.63) is 0 Å². The van der Waals surface area contributed by atoms with Gasteiger partial charge in [0.2, 0.25) is 0 Å². The van der Waals surface area contributed by atoms with Gasteiger partial charge in [0.1, 0.15) is 0 Å². The summed E-state index contributed by atoms with van der Waals surface area (Å²) in [6, 6.07) is 0. The molecule has 0 aromatic heterocycles. The van der Waals surface area contributed by atoms with E-state index in [1.54, 1.807) is 0 Å². The summed E-state index contributed by atoms with van der Waals surface area (Å²) in [5.74, 6) is 0. The first-order valence-corrected chi connectivity index (χ1v) is 15.8. The van der Waals surface area contributed by atoms with Crippen LogP contribution in [-0.4, -0.2) is 43.4 Å². The molecular weight excluding hydrogens is 430 g/mol. The van der Waals surface area contributed by atoms with Crippen molar-refractivity contribution < 1.29 is 20.3 Å². The molecule has 0 saturated carbocycles. The summed E-state index contributed by atoms with van der Waals surface area (Å²) < 4.78 is 9.17. The Morgan fingerprint density at radius 1 is 1.75 bits per heavy atom. The van der Waals surface area contributed by atoms with Crippen LogP contribution in [-0.2, 0) is 20.3 Å². The van der Waals surface area contributed by atoms with E-state index in [4.69, 9.17) is 3.08 Å². The molecule has 4 heavy (non-hydrogen) atoms. The van der Waals surface area contributed by atoms with Crippen molar-refractivity contribution in [2.45, 2.75) is 0 Å². The molecule has 0 amide bonds. The fraction of sp³-hybridized carbons (Fsp3) is 0. The van der Waals surface area contributed by atoms with E-state index < -0.39 is 17.6 Å². The van der Waals surface area contributed by atoms with Gasteiger partial charge in [-0.3, -0.25) is 0 Å². The molecule has 0 bridgehead atoms. The molecule has 0 fully saturated rings. The second kappa shape index (κ2) is 8.96. The summed E-state index contributed by atoms with van der Waals surface area (Å²) in [6.07, 6.45) is 0. The SMILES string of the molecule is [InH3].[O]=[SnH][Ta]. The van der Waals surface area contributed by atoms with Gasteiger partial charge in [-0.15, -0.1) is 0 Å². The first-order chi connectivity index (χ1) is 1.41. The second-order valence-corrected chi connectivity index (χ2v) is 5.79. The van der Waals surface area contributed by atoms with Crippen LogP contribution in [0.2, 0.25) is 0 Å². The Kier molecular flexibility index (Phi) is 21.3. The second-order valence-electron chi connectivity index (χ2n) is 0.105. The van der Waals surface area contributed by atoms with Crippen LogP contribution >= 0.6 is 0 Å². The zero-order valence-electron chi connectivity index (χ0n) is 1.43. The summed E-state index contributed by atoms with van der Waals surface area (Å²) in [5.41, 5.74) is 0. The maximum absolute atomic E-state index is 9.17. The molecule has 0 aliphatic heterocycles. The van der Waals surface area contributed by atoms with Crippen molar-refractivity contribution in [3.63, 3.8) is 0 Å². The van der Waals surface area contributed by atoms with Crippen molar-refractivity contribution >= 4 is 43.4 Å². The Bertz CT molecular complexity index is 15.5. The first kappa shape index (κ1) is 9.51. The summed E-state index contributed by atoms with van der Waals surface area (Å²) in [4.78, 5) is 0. The van der Waals surface area contributed by atoms with Crippen LogP contribution in [0.5, 0.6) is 0 Å². The van der Waals surface area contributed by atoms with Gasteiger partial charge in [0, 0.05) is 0 Å². The molecule has 0 heterocycles. The van der Waals surface area contributed by atoms with E-state index in [2.05, 4.69) is 0 Å². The van der Waals surface area contributed by atoms with E-state index in [-0.39, 0.29) is 25.8 Å². The van der Waals surface area contributed by atoms with Gasteiger partial charge in [0.15, 0.2) is 0 Å². The zero-order valence-corrected chi connectivity index (χ0v) is 7.94. The van der Waals surface area contributed by atoms with Crippen molar-refractivity contribution in [2.75, 3.05) is 0 Å². The number of rotatable bonds is 0. The Balaban J connectivity index is 0. The van der Waals surface area contributed by atoms with Crippen LogP contribution in [0, 0.1) is 0 Å². The van der Waals surface area contributed by atoms with Crippen LogP contribution < -0.4 is 0 Å². The molecule has 0 spiro atoms. The van der Waals surface area contributed by atoms with Crippen LogP contribution in [0.3, 0.4) is 0 Å². The van der Waals surface area contributed by atoms with Gasteiger partial charge in [-0.05, 0) is 0 Å². The summed E-state index contributed by atoms with van der Waals surface area (Å²) in [6.45, 7) is 0. The number of hydrogen-bond acceptors (Lipinski definition) is 1. The van der Waals surface area contributed by atoms with E-state index in [9.17, 15) is 0 Å². The van der Waals surface area contributed by atoms with Crippen LogP contribution in [0.25, 0.3) is 0 Å². The zero-order chi connectivity index (χ0) is 2.71. The number of hydrogen-bond donors (Lipinski definition) is 0. The first-order valence-electron chi connectivity index (χ1n) is 0.494. The average molecular weight is 435 g/mol. The summed E-state index contributed by atoms with van der Waals surface area (Å²) in [7, 11) is 0. The standard InChI is InChI=1S/In.O.Sn.Ta.4H. The van der Waals surface area contributed by atoms with Crippen LogP contribution in [0.4, 0.5) is 0 Å². The summed E-state index contributed by atoms with van der Waals surface area (Å²) >= 11 is 0.126. The van der Waals surface area contributed by atoms with E-state index in [1.165, 1.54) is 0 Å². The van der Waals surface area contributed by atoms with Crippen molar-refractivity contribution in [2.24, 2.45) is 0 Å². The van der Waals surface area contributed by atoms with Gasteiger partial charge in [-0.1, -0.05) is 0 Å². The third-order valence-electron chi connectivity index (χ3n) is 0. The Morgan fingerprint density at radius 2 is 1.75 bits per heavy atom. The van der Waals surface area contributed by atoms with E-state index >= 15 is 0 Å². The predicted octanol–water partition coefficient (Wildman–Crippen LogP) is -1.95. The third kappa shape index (κ3) is 8.88. The molecule has 1 nitrogen and oxygen atoms in total. The average Bonchev–Trinajstić information content (AvgIpc) is 0.918. The minimum absolute atomic E-state index is 0. The molecule has 0 N–H and O–H groups in total. The maximum atomic E-state index is 9.17. The molecule has 22 valence electrons. The molecule has 0 rings (SSSR count). The molecule has 0 unspecified atom stereocenters. The molecule has 0 radical (unpaired) electrons. The molecule has 0 aliphatic rings. The third-order valence-corrected chi connectivity index (χ3v) is 0. The molecule has 0 aromatic carbocycles. The molecule has 0 saturated heterocycles. The minimum atomic E-state index is -1.03. The Labute approximate surface area is 62.6 Å². The molecule has 4 heteroatoms. The quantitative estimate of drug-likeness (QED) is 0.405. The topological polar surface area (TPSA) is 17.1 Å². The molecule has 0 aromatic rings. The van der Waals surface area contributed by atoms with Gasteiger partial charge in [-0.25, -0.2) is 0 Å². The van der Waals surface area contributed by atoms with E-state index in [0.29, 0.717) is 0 Å². The molecular formula is H4InOSnTa.